The highest BCUT2D eigenvalue weighted by atomic mass is 35.5. The van der Waals surface area contributed by atoms with E-state index in [1.54, 1.807) is 30.6 Å². The van der Waals surface area contributed by atoms with E-state index >= 15 is 0 Å². The largest absolute Gasteiger partial charge is 0.329 e. The van der Waals surface area contributed by atoms with Crippen LogP contribution in [0.5, 0.6) is 0 Å². The average Bonchev–Trinajstić information content (AvgIpc) is 3.11. The van der Waals surface area contributed by atoms with Crippen LogP contribution in [0.4, 0.5) is 4.39 Å². The number of halogens is 2. The fourth-order valence-corrected chi connectivity index (χ4v) is 4.08. The van der Waals surface area contributed by atoms with E-state index in [0.717, 1.165) is 16.8 Å². The van der Waals surface area contributed by atoms with Gasteiger partial charge >= 0.3 is 0 Å². The lowest BCUT2D eigenvalue weighted by molar-refractivity contribution is -0.129. The Balaban J connectivity index is 1.79. The summed E-state index contributed by atoms with van der Waals surface area (Å²) in [6.07, 6.45) is 6.87. The molecule has 0 saturated heterocycles. The number of amides is 1. The standard InChI is InChI=1S/C24H25ClFN5O/c1-16-14-31-21(15-30(16)22(32)5-4-12-29(2)3)23(17-8-10-27-11-9-17)24(28-31)19-7-6-18(25)13-20(19)26/h4-11,13,16H,12,14-15H2,1-3H3/b5-4+/t16-/m1/s1. The predicted octanol–water partition coefficient (Wildman–Crippen LogP) is 4.25. The number of benzene rings is 1. The zero-order chi connectivity index (χ0) is 22.8. The Morgan fingerprint density at radius 3 is 2.72 bits per heavy atom. The number of hydrogen-bond donors (Lipinski definition) is 0. The Morgan fingerprint density at radius 1 is 1.28 bits per heavy atom. The Morgan fingerprint density at radius 2 is 2.03 bits per heavy atom. The molecule has 2 aromatic heterocycles. The van der Waals surface area contributed by atoms with Crippen molar-refractivity contribution in [3.8, 4) is 22.4 Å². The number of aromatic nitrogens is 3. The second kappa shape index (κ2) is 9.22. The molecule has 1 aliphatic heterocycles. The fourth-order valence-electron chi connectivity index (χ4n) is 3.92. The van der Waals surface area contributed by atoms with Gasteiger partial charge in [-0.05, 0) is 56.9 Å². The Hall–Kier alpha value is -3.03. The number of carbonyl (C=O) groups is 1. The molecule has 6 nitrogen and oxygen atoms in total. The maximum atomic E-state index is 14.9. The molecule has 1 amide bonds. The topological polar surface area (TPSA) is 54.3 Å². The summed E-state index contributed by atoms with van der Waals surface area (Å²) in [7, 11) is 3.91. The van der Waals surface area contributed by atoms with Gasteiger partial charge in [-0.2, -0.15) is 5.10 Å². The fraction of sp³-hybridized carbons (Fsp3) is 0.292. The molecule has 1 aliphatic rings. The van der Waals surface area contributed by atoms with Crippen LogP contribution in [-0.2, 0) is 17.9 Å². The number of fused-ring (bicyclic) bond motifs is 1. The monoisotopic (exact) mass is 453 g/mol. The third kappa shape index (κ3) is 4.45. The highest BCUT2D eigenvalue weighted by Crippen LogP contribution is 2.38. The summed E-state index contributed by atoms with van der Waals surface area (Å²) < 4.78 is 16.7. The molecule has 1 atom stereocenters. The Bertz CT molecular complexity index is 1160. The van der Waals surface area contributed by atoms with Gasteiger partial charge in [0.25, 0.3) is 0 Å². The van der Waals surface area contributed by atoms with Crippen molar-refractivity contribution in [1.82, 2.24) is 24.6 Å². The van der Waals surface area contributed by atoms with Gasteiger partial charge in [0.1, 0.15) is 11.5 Å². The summed E-state index contributed by atoms with van der Waals surface area (Å²) in [5, 5.41) is 5.10. The molecule has 3 heterocycles. The summed E-state index contributed by atoms with van der Waals surface area (Å²) in [5.41, 5.74) is 3.45. The minimum Gasteiger partial charge on any atom is -0.329 e. The molecule has 0 saturated carbocycles. The van der Waals surface area contributed by atoms with Crippen molar-refractivity contribution < 1.29 is 9.18 Å². The van der Waals surface area contributed by atoms with Crippen LogP contribution >= 0.6 is 11.6 Å². The first kappa shape index (κ1) is 22.2. The molecule has 8 heteroatoms. The van der Waals surface area contributed by atoms with Gasteiger partial charge in [0.05, 0.1) is 18.8 Å². The van der Waals surface area contributed by atoms with Crippen LogP contribution in [0.15, 0.2) is 54.9 Å². The molecule has 4 rings (SSSR count). The number of likely N-dealkylation sites (N-methyl/N-ethyl adjacent to an activating group) is 1. The quantitative estimate of drug-likeness (QED) is 0.542. The second-order valence-electron chi connectivity index (χ2n) is 8.19. The second-order valence-corrected chi connectivity index (χ2v) is 8.63. The molecular weight excluding hydrogens is 429 g/mol. The van der Waals surface area contributed by atoms with Crippen molar-refractivity contribution in [2.24, 2.45) is 0 Å². The first-order valence-corrected chi connectivity index (χ1v) is 10.8. The Kier molecular flexibility index (Phi) is 6.39. The molecule has 0 radical (unpaired) electrons. The normalized spacial score (nSPS) is 16.1. The van der Waals surface area contributed by atoms with Gasteiger partial charge in [0.2, 0.25) is 5.91 Å². The van der Waals surface area contributed by atoms with Gasteiger partial charge in [-0.3, -0.25) is 14.5 Å². The van der Waals surface area contributed by atoms with Crippen molar-refractivity contribution in [1.29, 1.82) is 0 Å². The molecule has 0 fully saturated rings. The van der Waals surface area contributed by atoms with E-state index in [1.165, 1.54) is 6.07 Å². The first-order valence-electron chi connectivity index (χ1n) is 10.4. The Labute approximate surface area is 191 Å². The maximum Gasteiger partial charge on any atom is 0.246 e. The number of hydrogen-bond acceptors (Lipinski definition) is 4. The van der Waals surface area contributed by atoms with Crippen molar-refractivity contribution in [3.05, 3.63) is 71.4 Å². The molecule has 0 aliphatic carbocycles. The molecule has 166 valence electrons. The number of nitrogens with zero attached hydrogens (tertiary/aromatic N) is 5. The first-order chi connectivity index (χ1) is 15.3. The van der Waals surface area contributed by atoms with Crippen molar-refractivity contribution in [2.45, 2.75) is 26.1 Å². The molecular formula is C24H25ClFN5O. The third-order valence-electron chi connectivity index (χ3n) is 5.52. The minimum absolute atomic E-state index is 0.0490. The molecule has 0 unspecified atom stereocenters. The van der Waals surface area contributed by atoms with Crippen LogP contribution in [-0.4, -0.2) is 57.2 Å². The molecule has 0 N–H and O–H groups in total. The lowest BCUT2D eigenvalue weighted by atomic mass is 9.98. The zero-order valence-corrected chi connectivity index (χ0v) is 19.1. The molecule has 3 aromatic rings. The number of carbonyl (C=O) groups excluding carboxylic acids is 1. The van der Waals surface area contributed by atoms with Crippen LogP contribution < -0.4 is 0 Å². The molecule has 0 spiro atoms. The smallest absolute Gasteiger partial charge is 0.246 e. The third-order valence-corrected chi connectivity index (χ3v) is 5.75. The summed E-state index contributed by atoms with van der Waals surface area (Å²) in [6.45, 7) is 3.59. The van der Waals surface area contributed by atoms with E-state index in [1.807, 2.05) is 53.7 Å². The van der Waals surface area contributed by atoms with Gasteiger partial charge in [-0.15, -0.1) is 0 Å². The van der Waals surface area contributed by atoms with E-state index < -0.39 is 5.82 Å². The van der Waals surface area contributed by atoms with E-state index in [2.05, 4.69) is 4.98 Å². The van der Waals surface area contributed by atoms with Gasteiger partial charge < -0.3 is 9.80 Å². The zero-order valence-electron chi connectivity index (χ0n) is 18.3. The van der Waals surface area contributed by atoms with Gasteiger partial charge in [0, 0.05) is 47.2 Å². The number of pyridine rings is 1. The van der Waals surface area contributed by atoms with Crippen molar-refractivity contribution in [2.75, 3.05) is 20.6 Å². The van der Waals surface area contributed by atoms with Gasteiger partial charge in [-0.1, -0.05) is 17.7 Å². The van der Waals surface area contributed by atoms with Crippen LogP contribution in [0.1, 0.15) is 12.6 Å². The van der Waals surface area contributed by atoms with Gasteiger partial charge in [-0.25, -0.2) is 4.39 Å². The van der Waals surface area contributed by atoms with Crippen LogP contribution in [0, 0.1) is 5.82 Å². The lowest BCUT2D eigenvalue weighted by Gasteiger charge is -2.33. The minimum atomic E-state index is -0.434. The van der Waals surface area contributed by atoms with Crippen LogP contribution in [0.25, 0.3) is 22.4 Å². The van der Waals surface area contributed by atoms with Crippen LogP contribution in [0.3, 0.4) is 0 Å². The number of rotatable bonds is 5. The summed E-state index contributed by atoms with van der Waals surface area (Å²) in [5.74, 6) is -0.484. The van der Waals surface area contributed by atoms with Gasteiger partial charge in [0.15, 0.2) is 0 Å². The van der Waals surface area contributed by atoms with Crippen molar-refractivity contribution in [3.63, 3.8) is 0 Å². The summed E-state index contributed by atoms with van der Waals surface area (Å²) in [4.78, 5) is 20.9. The highest BCUT2D eigenvalue weighted by Gasteiger charge is 2.31. The lowest BCUT2D eigenvalue weighted by Crippen LogP contribution is -2.44. The van der Waals surface area contributed by atoms with Crippen molar-refractivity contribution >= 4 is 17.5 Å². The average molecular weight is 454 g/mol. The SMILES string of the molecule is C[C@@H]1Cn2nc(-c3ccc(Cl)cc3F)c(-c3ccncc3)c2CN1C(=O)/C=C/CN(C)C. The summed E-state index contributed by atoms with van der Waals surface area (Å²) >= 11 is 5.97. The van der Waals surface area contributed by atoms with E-state index in [0.29, 0.717) is 35.9 Å². The highest BCUT2D eigenvalue weighted by molar-refractivity contribution is 6.30. The van der Waals surface area contributed by atoms with E-state index in [4.69, 9.17) is 16.7 Å². The predicted molar refractivity (Wildman–Crippen MR) is 124 cm³/mol. The van der Waals surface area contributed by atoms with Crippen LogP contribution in [0.2, 0.25) is 5.02 Å². The summed E-state index contributed by atoms with van der Waals surface area (Å²) in [6, 6.07) is 8.29. The van der Waals surface area contributed by atoms with E-state index in [-0.39, 0.29) is 11.9 Å². The maximum absolute atomic E-state index is 14.9. The molecule has 32 heavy (non-hydrogen) atoms. The van der Waals surface area contributed by atoms with E-state index in [9.17, 15) is 9.18 Å². The molecule has 0 bridgehead atoms. The molecule has 1 aromatic carbocycles.